The van der Waals surface area contributed by atoms with E-state index in [0.29, 0.717) is 0 Å². The number of aryl methyl sites for hydroxylation is 1. The van der Waals surface area contributed by atoms with Gasteiger partial charge in [-0.2, -0.15) is 4.72 Å². The largest absolute Gasteiger partial charge is 0.480 e. The van der Waals surface area contributed by atoms with Crippen LogP contribution in [0.4, 0.5) is 0 Å². The Balaban J connectivity index is 2.22. The van der Waals surface area contributed by atoms with Gasteiger partial charge in [0.2, 0.25) is 0 Å². The lowest BCUT2D eigenvalue weighted by molar-refractivity contribution is -0.139. The summed E-state index contributed by atoms with van der Waals surface area (Å²) < 4.78 is 27.2. The van der Waals surface area contributed by atoms with Gasteiger partial charge in [0.25, 0.3) is 10.0 Å². The second-order valence-corrected chi connectivity index (χ2v) is 9.60. The predicted molar refractivity (Wildman–Crippen MR) is 91.4 cm³/mol. The molecule has 0 aliphatic rings. The number of aliphatic carboxylic acids is 1. The van der Waals surface area contributed by atoms with Crippen molar-refractivity contribution in [2.45, 2.75) is 37.4 Å². The van der Waals surface area contributed by atoms with E-state index in [1.54, 1.807) is 6.07 Å². The molecule has 0 saturated heterocycles. The number of carbonyl (C=O) groups is 1. The van der Waals surface area contributed by atoms with Crippen LogP contribution in [-0.2, 0) is 14.8 Å². The van der Waals surface area contributed by atoms with Gasteiger partial charge in [0.15, 0.2) is 0 Å². The van der Waals surface area contributed by atoms with Crippen LogP contribution < -0.4 is 4.72 Å². The molecule has 1 atom stereocenters. The van der Waals surface area contributed by atoms with Crippen LogP contribution >= 0.6 is 22.7 Å². The van der Waals surface area contributed by atoms with Crippen LogP contribution in [-0.4, -0.2) is 30.5 Å². The molecule has 126 valence electrons. The zero-order valence-corrected chi connectivity index (χ0v) is 15.4. The van der Waals surface area contributed by atoms with Gasteiger partial charge < -0.3 is 5.11 Å². The summed E-state index contributed by atoms with van der Waals surface area (Å²) in [4.78, 5) is 16.3. The summed E-state index contributed by atoms with van der Waals surface area (Å²) in [5, 5.41) is 12.0. The van der Waals surface area contributed by atoms with E-state index in [1.807, 2.05) is 26.2 Å². The minimum absolute atomic E-state index is 0.0654. The Hall–Kier alpha value is -1.29. The number of sulfonamides is 1. The van der Waals surface area contributed by atoms with Crippen LogP contribution in [0, 0.1) is 12.8 Å². The van der Waals surface area contributed by atoms with Gasteiger partial charge >= 0.3 is 5.97 Å². The maximum atomic E-state index is 12.4. The van der Waals surface area contributed by atoms with Crippen molar-refractivity contribution >= 4 is 38.7 Å². The van der Waals surface area contributed by atoms with Crippen molar-refractivity contribution in [1.29, 1.82) is 0 Å². The monoisotopic (exact) mass is 374 g/mol. The Kier molecular flexibility index (Phi) is 5.56. The van der Waals surface area contributed by atoms with Crippen molar-refractivity contribution in [2.75, 3.05) is 0 Å². The van der Waals surface area contributed by atoms with Crippen molar-refractivity contribution in [3.63, 3.8) is 0 Å². The van der Waals surface area contributed by atoms with E-state index >= 15 is 0 Å². The Bertz CT molecular complexity index is 793. The molecule has 0 amide bonds. The Morgan fingerprint density at radius 2 is 2.09 bits per heavy atom. The molecule has 2 N–H and O–H groups in total. The lowest BCUT2D eigenvalue weighted by Gasteiger charge is -2.15. The third kappa shape index (κ3) is 4.60. The van der Waals surface area contributed by atoms with E-state index in [2.05, 4.69) is 9.71 Å². The van der Waals surface area contributed by atoms with Gasteiger partial charge in [0.1, 0.15) is 10.3 Å². The SMILES string of the molecule is Cc1nc(-c2ccc(S(=O)(=O)N[C@H](CC(C)C)C(=O)O)s2)cs1. The highest BCUT2D eigenvalue weighted by atomic mass is 32.2. The summed E-state index contributed by atoms with van der Waals surface area (Å²) in [6, 6.07) is 2.03. The number of hydrogen-bond acceptors (Lipinski definition) is 6. The zero-order valence-electron chi connectivity index (χ0n) is 12.9. The van der Waals surface area contributed by atoms with E-state index < -0.39 is 22.0 Å². The van der Waals surface area contributed by atoms with Crippen LogP contribution in [0.1, 0.15) is 25.3 Å². The molecule has 0 aliphatic carbocycles. The Morgan fingerprint density at radius 3 is 2.61 bits per heavy atom. The topological polar surface area (TPSA) is 96.4 Å². The van der Waals surface area contributed by atoms with Crippen molar-refractivity contribution in [3.05, 3.63) is 22.5 Å². The van der Waals surface area contributed by atoms with Gasteiger partial charge in [-0.15, -0.1) is 22.7 Å². The van der Waals surface area contributed by atoms with Gasteiger partial charge in [0, 0.05) is 5.38 Å². The summed E-state index contributed by atoms with van der Waals surface area (Å²) in [6.45, 7) is 5.57. The first-order valence-electron chi connectivity index (χ1n) is 6.96. The van der Waals surface area contributed by atoms with Gasteiger partial charge in [-0.1, -0.05) is 13.8 Å². The number of carboxylic acids is 1. The van der Waals surface area contributed by atoms with Crippen molar-refractivity contribution < 1.29 is 18.3 Å². The minimum atomic E-state index is -3.87. The van der Waals surface area contributed by atoms with Gasteiger partial charge in [-0.05, 0) is 31.4 Å². The second kappa shape index (κ2) is 7.08. The number of thiophene rings is 1. The normalized spacial score (nSPS) is 13.4. The number of rotatable bonds is 7. The highest BCUT2D eigenvalue weighted by Gasteiger charge is 2.27. The Labute approximate surface area is 143 Å². The third-order valence-corrected chi connectivity index (χ3v) is 6.87. The summed E-state index contributed by atoms with van der Waals surface area (Å²) in [5.74, 6) is -1.11. The first-order chi connectivity index (χ1) is 10.7. The van der Waals surface area contributed by atoms with E-state index in [9.17, 15) is 18.3 Å². The molecule has 0 spiro atoms. The standard InChI is InChI=1S/C14H18N2O4S3/c1-8(2)6-10(14(17)18)16-23(19,20)13-5-4-12(22-13)11-7-21-9(3)15-11/h4-5,7-8,10,16H,6H2,1-3H3,(H,17,18)/t10-/m1/s1. The predicted octanol–water partition coefficient (Wildman–Crippen LogP) is 2.96. The first-order valence-corrected chi connectivity index (χ1v) is 10.1. The molecule has 0 saturated carbocycles. The number of nitrogens with zero attached hydrogens (tertiary/aromatic N) is 1. The number of thiazole rings is 1. The Morgan fingerprint density at radius 1 is 1.39 bits per heavy atom. The minimum Gasteiger partial charge on any atom is -0.480 e. The van der Waals surface area contributed by atoms with Gasteiger partial charge in [0.05, 0.1) is 15.6 Å². The van der Waals surface area contributed by atoms with Crippen molar-refractivity contribution in [1.82, 2.24) is 9.71 Å². The summed E-state index contributed by atoms with van der Waals surface area (Å²) in [7, 11) is -3.87. The van der Waals surface area contributed by atoms with E-state index in [-0.39, 0.29) is 16.5 Å². The average molecular weight is 375 g/mol. The second-order valence-electron chi connectivity index (χ2n) is 5.51. The zero-order chi connectivity index (χ0) is 17.2. The fourth-order valence-corrected chi connectivity index (χ4v) is 5.17. The molecule has 0 fully saturated rings. The maximum Gasteiger partial charge on any atom is 0.321 e. The number of aromatic nitrogens is 1. The summed E-state index contributed by atoms with van der Waals surface area (Å²) in [6.07, 6.45) is 0.234. The third-order valence-electron chi connectivity index (χ3n) is 3.02. The number of carboxylic acid groups (broad SMARTS) is 1. The van der Waals surface area contributed by atoms with Crippen LogP contribution in [0.2, 0.25) is 0 Å². The molecule has 0 aliphatic heterocycles. The van der Waals surface area contributed by atoms with E-state index in [4.69, 9.17) is 0 Å². The molecule has 0 radical (unpaired) electrons. The van der Waals surface area contributed by atoms with Gasteiger partial charge in [-0.25, -0.2) is 13.4 Å². The summed E-state index contributed by atoms with van der Waals surface area (Å²) in [5.41, 5.74) is 0.732. The average Bonchev–Trinajstić information content (AvgIpc) is 3.05. The van der Waals surface area contributed by atoms with Crippen LogP contribution in [0.3, 0.4) is 0 Å². The molecule has 6 nitrogen and oxygen atoms in total. The quantitative estimate of drug-likeness (QED) is 0.777. The van der Waals surface area contributed by atoms with E-state index in [1.165, 1.54) is 17.4 Å². The highest BCUT2D eigenvalue weighted by Crippen LogP contribution is 2.31. The fourth-order valence-electron chi connectivity index (χ4n) is 1.99. The van der Waals surface area contributed by atoms with Crippen molar-refractivity contribution in [2.24, 2.45) is 5.92 Å². The lowest BCUT2D eigenvalue weighted by Crippen LogP contribution is -2.41. The molecular weight excluding hydrogens is 356 g/mol. The number of hydrogen-bond donors (Lipinski definition) is 2. The molecule has 2 aromatic heterocycles. The smallest absolute Gasteiger partial charge is 0.321 e. The fraction of sp³-hybridized carbons (Fsp3) is 0.429. The van der Waals surface area contributed by atoms with Gasteiger partial charge in [-0.3, -0.25) is 4.79 Å². The molecule has 0 bridgehead atoms. The molecular formula is C14H18N2O4S3. The molecule has 2 rings (SSSR count). The summed E-state index contributed by atoms with van der Waals surface area (Å²) >= 11 is 2.57. The molecule has 2 heterocycles. The van der Waals surface area contributed by atoms with Crippen LogP contribution in [0.25, 0.3) is 10.6 Å². The van der Waals surface area contributed by atoms with Crippen LogP contribution in [0.15, 0.2) is 21.7 Å². The lowest BCUT2D eigenvalue weighted by atomic mass is 10.1. The molecule has 9 heteroatoms. The van der Waals surface area contributed by atoms with E-state index in [0.717, 1.165) is 26.9 Å². The van der Waals surface area contributed by atoms with Crippen LogP contribution in [0.5, 0.6) is 0 Å². The molecule has 0 aromatic carbocycles. The first kappa shape index (κ1) is 18.1. The molecule has 0 unspecified atom stereocenters. The molecule has 2 aromatic rings. The maximum absolute atomic E-state index is 12.4. The molecule has 23 heavy (non-hydrogen) atoms. The highest BCUT2D eigenvalue weighted by molar-refractivity contribution is 7.91. The number of nitrogens with one attached hydrogen (secondary N) is 1. The van der Waals surface area contributed by atoms with Crippen molar-refractivity contribution in [3.8, 4) is 10.6 Å².